The van der Waals surface area contributed by atoms with Gasteiger partial charge in [-0.3, -0.25) is 0 Å². The standard InChI is InChI=1S/C8H14N2O3S2/c1-6-9-10-8(15-6)14-5-7(12)4-13-3-2-11/h7,11-12H,2-5H2,1H3. The fourth-order valence-corrected chi connectivity index (χ4v) is 2.58. The first kappa shape index (κ1) is 12.9. The Labute approximate surface area is 96.5 Å². The Morgan fingerprint density at radius 1 is 1.53 bits per heavy atom. The Morgan fingerprint density at radius 2 is 2.33 bits per heavy atom. The molecule has 0 amide bonds. The maximum absolute atomic E-state index is 9.47. The van der Waals surface area contributed by atoms with Crippen molar-refractivity contribution in [1.82, 2.24) is 10.2 Å². The van der Waals surface area contributed by atoms with Gasteiger partial charge in [0.25, 0.3) is 0 Å². The molecule has 0 bridgehead atoms. The van der Waals surface area contributed by atoms with Crippen molar-refractivity contribution in [3.8, 4) is 0 Å². The van der Waals surface area contributed by atoms with Gasteiger partial charge in [-0.1, -0.05) is 23.1 Å². The molecule has 7 heteroatoms. The Hall–Kier alpha value is -0.210. The van der Waals surface area contributed by atoms with Crippen molar-refractivity contribution in [1.29, 1.82) is 0 Å². The van der Waals surface area contributed by atoms with E-state index in [1.165, 1.54) is 23.1 Å². The van der Waals surface area contributed by atoms with E-state index >= 15 is 0 Å². The second-order valence-corrected chi connectivity index (χ2v) is 5.30. The Kier molecular flexibility index (Phi) is 6.11. The summed E-state index contributed by atoms with van der Waals surface area (Å²) in [7, 11) is 0. The molecular weight excluding hydrogens is 236 g/mol. The smallest absolute Gasteiger partial charge is 0.174 e. The average Bonchev–Trinajstić information content (AvgIpc) is 2.62. The highest BCUT2D eigenvalue weighted by atomic mass is 32.2. The lowest BCUT2D eigenvalue weighted by molar-refractivity contribution is 0.0311. The lowest BCUT2D eigenvalue weighted by Crippen LogP contribution is -2.19. The summed E-state index contributed by atoms with van der Waals surface area (Å²) in [5.74, 6) is 0.528. The van der Waals surface area contributed by atoms with Gasteiger partial charge in [-0.15, -0.1) is 10.2 Å². The predicted octanol–water partition coefficient (Wildman–Crippen LogP) is 0.308. The van der Waals surface area contributed by atoms with Crippen LogP contribution in [0.3, 0.4) is 0 Å². The van der Waals surface area contributed by atoms with E-state index in [2.05, 4.69) is 10.2 Å². The summed E-state index contributed by atoms with van der Waals surface area (Å²) in [6, 6.07) is 0. The lowest BCUT2D eigenvalue weighted by atomic mass is 10.4. The van der Waals surface area contributed by atoms with Crippen LogP contribution in [0.4, 0.5) is 0 Å². The van der Waals surface area contributed by atoms with Crippen LogP contribution in [0.25, 0.3) is 0 Å². The van der Waals surface area contributed by atoms with Gasteiger partial charge >= 0.3 is 0 Å². The van der Waals surface area contributed by atoms with Crippen molar-refractivity contribution in [3.05, 3.63) is 5.01 Å². The molecule has 2 N–H and O–H groups in total. The third-order valence-corrected chi connectivity index (χ3v) is 3.57. The van der Waals surface area contributed by atoms with Gasteiger partial charge in [-0.2, -0.15) is 0 Å². The summed E-state index contributed by atoms with van der Waals surface area (Å²) < 4.78 is 5.85. The van der Waals surface area contributed by atoms with Crippen LogP contribution in [0.5, 0.6) is 0 Å². The third-order valence-electron chi connectivity index (χ3n) is 1.45. The van der Waals surface area contributed by atoms with Crippen LogP contribution in [-0.2, 0) is 4.74 Å². The maximum Gasteiger partial charge on any atom is 0.174 e. The zero-order chi connectivity index (χ0) is 11.1. The molecule has 1 unspecified atom stereocenters. The SMILES string of the molecule is Cc1nnc(SCC(O)COCCO)s1. The van der Waals surface area contributed by atoms with Crippen LogP contribution in [0.1, 0.15) is 5.01 Å². The maximum atomic E-state index is 9.47. The number of hydrogen-bond donors (Lipinski definition) is 2. The van der Waals surface area contributed by atoms with Crippen LogP contribution in [0, 0.1) is 6.92 Å². The molecule has 15 heavy (non-hydrogen) atoms. The fourth-order valence-electron chi connectivity index (χ4n) is 0.836. The number of aromatic nitrogens is 2. The largest absolute Gasteiger partial charge is 0.394 e. The van der Waals surface area contributed by atoms with Gasteiger partial charge in [-0.25, -0.2) is 0 Å². The molecular formula is C8H14N2O3S2. The molecule has 1 aromatic heterocycles. The van der Waals surface area contributed by atoms with E-state index in [9.17, 15) is 5.11 Å². The van der Waals surface area contributed by atoms with E-state index in [1.807, 2.05) is 6.92 Å². The predicted molar refractivity (Wildman–Crippen MR) is 59.3 cm³/mol. The molecule has 1 rings (SSSR count). The van der Waals surface area contributed by atoms with Crippen LogP contribution in [0.2, 0.25) is 0 Å². The number of thioether (sulfide) groups is 1. The minimum absolute atomic E-state index is 0.0184. The molecule has 1 heterocycles. The highest BCUT2D eigenvalue weighted by Crippen LogP contribution is 2.22. The molecule has 5 nitrogen and oxygen atoms in total. The van der Waals surface area contributed by atoms with Crippen LogP contribution in [-0.4, -0.2) is 52.1 Å². The minimum atomic E-state index is -0.536. The second kappa shape index (κ2) is 7.13. The van der Waals surface area contributed by atoms with Gasteiger partial charge in [-0.05, 0) is 6.92 Å². The summed E-state index contributed by atoms with van der Waals surface area (Å²) in [6.07, 6.45) is -0.536. The molecule has 0 saturated heterocycles. The number of aliphatic hydroxyl groups excluding tert-OH is 2. The van der Waals surface area contributed by atoms with E-state index in [0.29, 0.717) is 5.75 Å². The molecule has 1 aromatic rings. The highest BCUT2D eigenvalue weighted by molar-refractivity contribution is 8.01. The van der Waals surface area contributed by atoms with E-state index in [4.69, 9.17) is 9.84 Å². The fraction of sp³-hybridized carbons (Fsp3) is 0.750. The Bertz CT molecular complexity index is 283. The lowest BCUT2D eigenvalue weighted by Gasteiger charge is -2.08. The van der Waals surface area contributed by atoms with E-state index in [1.54, 1.807) is 0 Å². The van der Waals surface area contributed by atoms with Gasteiger partial charge in [0.1, 0.15) is 5.01 Å². The summed E-state index contributed by atoms with van der Waals surface area (Å²) in [5, 5.41) is 26.6. The summed E-state index contributed by atoms with van der Waals surface area (Å²) in [6.45, 7) is 2.38. The summed E-state index contributed by atoms with van der Waals surface area (Å²) >= 11 is 2.97. The number of rotatable bonds is 7. The van der Waals surface area contributed by atoms with Crippen LogP contribution >= 0.6 is 23.1 Å². The third kappa shape index (κ3) is 5.43. The molecule has 0 saturated carbocycles. The molecule has 0 spiro atoms. The summed E-state index contributed by atoms with van der Waals surface area (Å²) in [4.78, 5) is 0. The Morgan fingerprint density at radius 3 is 2.93 bits per heavy atom. The number of nitrogens with zero attached hydrogens (tertiary/aromatic N) is 2. The topological polar surface area (TPSA) is 75.5 Å². The van der Waals surface area contributed by atoms with Gasteiger partial charge in [0, 0.05) is 5.75 Å². The molecule has 0 radical (unpaired) electrons. The molecule has 0 aromatic carbocycles. The zero-order valence-electron chi connectivity index (χ0n) is 8.42. The van der Waals surface area contributed by atoms with Gasteiger partial charge < -0.3 is 14.9 Å². The molecule has 0 fully saturated rings. The molecule has 86 valence electrons. The van der Waals surface area contributed by atoms with Crippen molar-refractivity contribution in [2.24, 2.45) is 0 Å². The number of aliphatic hydroxyl groups is 2. The van der Waals surface area contributed by atoms with Crippen molar-refractivity contribution in [3.63, 3.8) is 0 Å². The number of ether oxygens (including phenoxy) is 1. The normalized spacial score (nSPS) is 13.0. The van der Waals surface area contributed by atoms with E-state index < -0.39 is 6.10 Å². The first-order valence-electron chi connectivity index (χ1n) is 4.52. The molecule has 0 aliphatic carbocycles. The van der Waals surface area contributed by atoms with Crippen molar-refractivity contribution < 1.29 is 14.9 Å². The first-order valence-corrected chi connectivity index (χ1v) is 6.32. The van der Waals surface area contributed by atoms with E-state index in [-0.39, 0.29) is 19.8 Å². The van der Waals surface area contributed by atoms with Crippen LogP contribution in [0.15, 0.2) is 4.34 Å². The van der Waals surface area contributed by atoms with Crippen LogP contribution < -0.4 is 0 Å². The van der Waals surface area contributed by atoms with Crippen molar-refractivity contribution >= 4 is 23.1 Å². The molecule has 1 atom stereocenters. The second-order valence-electron chi connectivity index (χ2n) is 2.85. The summed E-state index contributed by atoms with van der Waals surface area (Å²) in [5.41, 5.74) is 0. The first-order chi connectivity index (χ1) is 7.22. The van der Waals surface area contributed by atoms with Crippen molar-refractivity contribution in [2.45, 2.75) is 17.4 Å². The number of aryl methyl sites for hydroxylation is 1. The van der Waals surface area contributed by atoms with Crippen molar-refractivity contribution in [2.75, 3.05) is 25.6 Å². The van der Waals surface area contributed by atoms with E-state index in [0.717, 1.165) is 9.35 Å². The molecule has 0 aliphatic heterocycles. The Balaban J connectivity index is 2.13. The van der Waals surface area contributed by atoms with Gasteiger partial charge in [0.15, 0.2) is 4.34 Å². The molecule has 0 aliphatic rings. The quantitative estimate of drug-likeness (QED) is 0.536. The zero-order valence-corrected chi connectivity index (χ0v) is 10.1. The van der Waals surface area contributed by atoms with Gasteiger partial charge in [0.05, 0.1) is 25.9 Å². The highest BCUT2D eigenvalue weighted by Gasteiger charge is 2.07. The average molecular weight is 250 g/mol. The minimum Gasteiger partial charge on any atom is -0.394 e. The monoisotopic (exact) mass is 250 g/mol. The van der Waals surface area contributed by atoms with Gasteiger partial charge in [0.2, 0.25) is 0 Å². The number of hydrogen-bond acceptors (Lipinski definition) is 7.